The van der Waals surface area contributed by atoms with Crippen molar-refractivity contribution in [2.45, 2.75) is 56.6 Å². The normalized spacial score (nSPS) is 21.2. The minimum atomic E-state index is -1.10. The minimum Gasteiger partial charge on any atom is -0.388 e. The Morgan fingerprint density at radius 3 is 2.46 bits per heavy atom. The maximum absolute atomic E-state index is 13.6. The molecule has 7 nitrogen and oxygen atoms in total. The van der Waals surface area contributed by atoms with Crippen molar-refractivity contribution in [3.63, 3.8) is 0 Å². The summed E-state index contributed by atoms with van der Waals surface area (Å²) in [4.78, 5) is 33.3. The van der Waals surface area contributed by atoms with Gasteiger partial charge < -0.3 is 14.6 Å². The molecule has 39 heavy (non-hydrogen) atoms. The molecule has 2 aliphatic rings. The Morgan fingerprint density at radius 2 is 1.72 bits per heavy atom. The van der Waals surface area contributed by atoms with Crippen LogP contribution >= 0.6 is 0 Å². The second-order valence-electron chi connectivity index (χ2n) is 11.0. The molecule has 1 aliphatic heterocycles. The standard InChI is InChI=1S/C31H33FN4O3/c32-23-12-10-22(11-13-23)25-8-4-5-9-26(25)29(37)34-18-15-31(39,16-19-34)20-35-21-33-28-27(30(35)38)14-17-36(28)24-6-2-1-3-7-24/h1-3,6-7,10-14,17,21,25-26,39H,4-5,8-9,15-16,18-20H2. The second-order valence-corrected chi connectivity index (χ2v) is 11.0. The molecule has 0 radical (unpaired) electrons. The van der Waals surface area contributed by atoms with Gasteiger partial charge in [-0.2, -0.15) is 0 Å². The average Bonchev–Trinajstić information content (AvgIpc) is 3.40. The van der Waals surface area contributed by atoms with Gasteiger partial charge >= 0.3 is 0 Å². The van der Waals surface area contributed by atoms with Crippen LogP contribution in [0.25, 0.3) is 16.7 Å². The zero-order chi connectivity index (χ0) is 27.0. The van der Waals surface area contributed by atoms with Gasteiger partial charge in [0.25, 0.3) is 5.56 Å². The first kappa shape index (κ1) is 25.5. The number of hydrogen-bond donors (Lipinski definition) is 1. The molecule has 6 rings (SSSR count). The van der Waals surface area contributed by atoms with Gasteiger partial charge in [0.15, 0.2) is 5.65 Å². The summed E-state index contributed by atoms with van der Waals surface area (Å²) in [5.41, 5.74) is 1.24. The number of fused-ring (bicyclic) bond motifs is 1. The highest BCUT2D eigenvalue weighted by Crippen LogP contribution is 2.39. The quantitative estimate of drug-likeness (QED) is 0.409. The molecule has 8 heteroatoms. The third kappa shape index (κ3) is 5.01. The summed E-state index contributed by atoms with van der Waals surface area (Å²) in [6, 6.07) is 18.0. The molecule has 3 heterocycles. The summed E-state index contributed by atoms with van der Waals surface area (Å²) < 4.78 is 16.8. The summed E-state index contributed by atoms with van der Waals surface area (Å²) in [5, 5.41) is 11.9. The van der Waals surface area contributed by atoms with Crippen molar-refractivity contribution in [1.82, 2.24) is 19.0 Å². The SMILES string of the molecule is O=C(C1CCCCC1c1ccc(F)cc1)N1CCC(O)(Cn2cnc3c(ccn3-c3ccccc3)c2=O)CC1. The van der Waals surface area contributed by atoms with E-state index in [2.05, 4.69) is 4.98 Å². The Labute approximate surface area is 226 Å². The van der Waals surface area contributed by atoms with Crippen LogP contribution in [-0.2, 0) is 11.3 Å². The fraction of sp³-hybridized carbons (Fsp3) is 0.387. The maximum atomic E-state index is 13.6. The molecule has 1 aliphatic carbocycles. The molecule has 2 fully saturated rings. The Morgan fingerprint density at radius 1 is 1.00 bits per heavy atom. The Kier molecular flexibility index (Phi) is 6.81. The molecule has 1 saturated heterocycles. The number of likely N-dealkylation sites (tertiary alicyclic amines) is 1. The molecule has 2 aromatic heterocycles. The summed E-state index contributed by atoms with van der Waals surface area (Å²) in [6.45, 7) is 1.02. The topological polar surface area (TPSA) is 80.4 Å². The fourth-order valence-corrected chi connectivity index (χ4v) is 6.35. The molecule has 2 atom stereocenters. The number of para-hydroxylation sites is 1. The number of rotatable bonds is 5. The number of amides is 1. The highest BCUT2D eigenvalue weighted by molar-refractivity contribution is 5.80. The van der Waals surface area contributed by atoms with E-state index in [1.165, 1.54) is 23.0 Å². The van der Waals surface area contributed by atoms with Gasteiger partial charge in [-0.05, 0) is 67.5 Å². The number of nitrogens with zero attached hydrogens (tertiary/aromatic N) is 4. The highest BCUT2D eigenvalue weighted by Gasteiger charge is 2.39. The van der Waals surface area contributed by atoms with Crippen molar-refractivity contribution in [2.24, 2.45) is 5.92 Å². The van der Waals surface area contributed by atoms with Crippen LogP contribution in [0.1, 0.15) is 50.0 Å². The van der Waals surface area contributed by atoms with E-state index in [0.717, 1.165) is 36.9 Å². The number of carbonyl (C=O) groups is 1. The van der Waals surface area contributed by atoms with Crippen molar-refractivity contribution in [2.75, 3.05) is 13.1 Å². The first-order valence-corrected chi connectivity index (χ1v) is 13.8. The number of piperidine rings is 1. The maximum Gasteiger partial charge on any atom is 0.262 e. The predicted octanol–water partition coefficient (Wildman–Crippen LogP) is 4.65. The van der Waals surface area contributed by atoms with E-state index in [0.29, 0.717) is 37.0 Å². The summed E-state index contributed by atoms with van der Waals surface area (Å²) in [6.07, 6.45) is 7.95. The first-order valence-electron chi connectivity index (χ1n) is 13.8. The van der Waals surface area contributed by atoms with E-state index in [-0.39, 0.29) is 35.7 Å². The van der Waals surface area contributed by atoms with Gasteiger partial charge in [0.2, 0.25) is 5.91 Å². The van der Waals surface area contributed by atoms with Crippen LogP contribution in [0.2, 0.25) is 0 Å². The molecule has 202 valence electrons. The number of carbonyl (C=O) groups excluding carboxylic acids is 1. The van der Waals surface area contributed by atoms with Crippen LogP contribution in [0.3, 0.4) is 0 Å². The first-order chi connectivity index (χ1) is 18.9. The van der Waals surface area contributed by atoms with Gasteiger partial charge in [-0.15, -0.1) is 0 Å². The van der Waals surface area contributed by atoms with E-state index < -0.39 is 5.60 Å². The van der Waals surface area contributed by atoms with Crippen LogP contribution in [0.5, 0.6) is 0 Å². The van der Waals surface area contributed by atoms with E-state index in [1.54, 1.807) is 18.2 Å². The number of aromatic nitrogens is 3. The van der Waals surface area contributed by atoms with Crippen molar-refractivity contribution in [1.29, 1.82) is 0 Å². The molecule has 1 amide bonds. The molecule has 2 unspecified atom stereocenters. The smallest absolute Gasteiger partial charge is 0.262 e. The number of hydrogen-bond acceptors (Lipinski definition) is 4. The molecule has 1 saturated carbocycles. The van der Waals surface area contributed by atoms with Crippen molar-refractivity contribution in [3.05, 3.63) is 94.9 Å². The number of benzene rings is 2. The average molecular weight is 529 g/mol. The van der Waals surface area contributed by atoms with Gasteiger partial charge in [0, 0.05) is 30.9 Å². The van der Waals surface area contributed by atoms with Gasteiger partial charge in [-0.1, -0.05) is 43.2 Å². The van der Waals surface area contributed by atoms with Crippen LogP contribution in [0.15, 0.2) is 78.0 Å². The zero-order valence-electron chi connectivity index (χ0n) is 21.9. The number of aliphatic hydroxyl groups is 1. The third-order valence-corrected chi connectivity index (χ3v) is 8.56. The lowest BCUT2D eigenvalue weighted by Gasteiger charge is -2.41. The molecule has 0 bridgehead atoms. The number of halogens is 1. The Bertz CT molecular complexity index is 1520. The zero-order valence-corrected chi connectivity index (χ0v) is 21.9. The third-order valence-electron chi connectivity index (χ3n) is 8.56. The molecular formula is C31H33FN4O3. The van der Waals surface area contributed by atoms with Crippen molar-refractivity contribution < 1.29 is 14.3 Å². The fourth-order valence-electron chi connectivity index (χ4n) is 6.35. The summed E-state index contributed by atoms with van der Waals surface area (Å²) in [5.74, 6) is -0.186. The Balaban J connectivity index is 1.14. The van der Waals surface area contributed by atoms with E-state index in [4.69, 9.17) is 0 Å². The van der Waals surface area contributed by atoms with Crippen LogP contribution in [0, 0.1) is 11.7 Å². The summed E-state index contributed by atoms with van der Waals surface area (Å²) >= 11 is 0. The van der Waals surface area contributed by atoms with Crippen LogP contribution in [-0.4, -0.2) is 48.7 Å². The van der Waals surface area contributed by atoms with Crippen molar-refractivity contribution >= 4 is 16.9 Å². The van der Waals surface area contributed by atoms with Gasteiger partial charge in [0.05, 0.1) is 17.5 Å². The predicted molar refractivity (Wildman–Crippen MR) is 147 cm³/mol. The van der Waals surface area contributed by atoms with Gasteiger partial charge in [-0.3, -0.25) is 14.2 Å². The van der Waals surface area contributed by atoms with E-state index in [9.17, 15) is 19.1 Å². The van der Waals surface area contributed by atoms with Crippen molar-refractivity contribution in [3.8, 4) is 5.69 Å². The molecule has 2 aromatic carbocycles. The monoisotopic (exact) mass is 528 g/mol. The van der Waals surface area contributed by atoms with Crippen LogP contribution in [0.4, 0.5) is 4.39 Å². The molecular weight excluding hydrogens is 495 g/mol. The second kappa shape index (κ2) is 10.4. The summed E-state index contributed by atoms with van der Waals surface area (Å²) in [7, 11) is 0. The molecule has 4 aromatic rings. The lowest BCUT2D eigenvalue weighted by molar-refractivity contribution is -0.142. The molecule has 1 N–H and O–H groups in total. The lowest BCUT2D eigenvalue weighted by atomic mass is 9.74. The lowest BCUT2D eigenvalue weighted by Crippen LogP contribution is -2.51. The molecule has 0 spiro atoms. The van der Waals surface area contributed by atoms with Gasteiger partial charge in [0.1, 0.15) is 12.1 Å². The minimum absolute atomic E-state index is 0.0900. The Hall–Kier alpha value is -3.78. The highest BCUT2D eigenvalue weighted by atomic mass is 19.1. The van der Waals surface area contributed by atoms with E-state index >= 15 is 0 Å². The largest absolute Gasteiger partial charge is 0.388 e. The van der Waals surface area contributed by atoms with E-state index in [1.807, 2.05) is 46.0 Å². The van der Waals surface area contributed by atoms with Gasteiger partial charge in [-0.25, -0.2) is 9.37 Å². The van der Waals surface area contributed by atoms with Crippen LogP contribution < -0.4 is 5.56 Å².